The van der Waals surface area contributed by atoms with Crippen molar-refractivity contribution in [2.45, 2.75) is 32.0 Å². The van der Waals surface area contributed by atoms with Crippen LogP contribution >= 0.6 is 11.6 Å². The monoisotopic (exact) mass is 374 g/mol. The molecule has 0 aromatic heterocycles. The lowest BCUT2D eigenvalue weighted by atomic mass is 10.1. The Bertz CT molecular complexity index is 720. The number of carbonyl (C=O) groups excluding carboxylic acids is 2. The zero-order chi connectivity index (χ0) is 18.9. The molecule has 2 aromatic carbocycles. The summed E-state index contributed by atoms with van der Waals surface area (Å²) in [6.45, 7) is 1.89. The van der Waals surface area contributed by atoms with E-state index in [1.165, 1.54) is 0 Å². The topological polar surface area (TPSA) is 67.4 Å². The smallest absolute Gasteiger partial charge is 0.329 e. The standard InChI is InChI=1S/C20H23ClN2O3/c1-14(22-2)19(24)23-18(12-15-8-10-17(21)11-9-15)20(25)26-13-16-6-4-3-5-7-16/h3-11,14,18,22H,12-13H2,1-2H3,(H,23,24)/t14-,18-/m1/s1. The van der Waals surface area contributed by atoms with Crippen molar-refractivity contribution in [2.24, 2.45) is 0 Å². The molecule has 0 unspecified atom stereocenters. The first-order valence-electron chi connectivity index (χ1n) is 8.42. The lowest BCUT2D eigenvalue weighted by Crippen LogP contribution is -2.49. The maximum Gasteiger partial charge on any atom is 0.329 e. The third-order valence-corrected chi connectivity index (χ3v) is 4.26. The van der Waals surface area contributed by atoms with Crippen LogP contribution in [0.3, 0.4) is 0 Å². The Morgan fingerprint density at radius 1 is 1.04 bits per heavy atom. The first kappa shape index (κ1) is 19.9. The summed E-state index contributed by atoms with van der Waals surface area (Å²) in [5, 5.41) is 6.23. The van der Waals surface area contributed by atoms with E-state index in [0.29, 0.717) is 11.4 Å². The van der Waals surface area contributed by atoms with Gasteiger partial charge in [0.05, 0.1) is 6.04 Å². The van der Waals surface area contributed by atoms with Gasteiger partial charge in [-0.25, -0.2) is 4.79 Å². The van der Waals surface area contributed by atoms with Crippen molar-refractivity contribution >= 4 is 23.5 Å². The lowest BCUT2D eigenvalue weighted by Gasteiger charge is -2.20. The second kappa shape index (κ2) is 9.94. The Balaban J connectivity index is 2.06. The van der Waals surface area contributed by atoms with Gasteiger partial charge in [-0.3, -0.25) is 4.79 Å². The minimum Gasteiger partial charge on any atom is -0.459 e. The summed E-state index contributed by atoms with van der Waals surface area (Å²) in [6.07, 6.45) is 0.326. The predicted octanol–water partition coefficient (Wildman–Crippen LogP) is 2.72. The number of likely N-dealkylation sites (N-methyl/N-ethyl adjacent to an activating group) is 1. The van der Waals surface area contributed by atoms with Crippen molar-refractivity contribution in [3.63, 3.8) is 0 Å². The van der Waals surface area contributed by atoms with Gasteiger partial charge >= 0.3 is 5.97 Å². The minimum absolute atomic E-state index is 0.161. The number of carbonyl (C=O) groups is 2. The van der Waals surface area contributed by atoms with Gasteiger partial charge in [0.1, 0.15) is 12.6 Å². The summed E-state index contributed by atoms with van der Waals surface area (Å²) < 4.78 is 5.40. The van der Waals surface area contributed by atoms with Crippen LogP contribution in [-0.2, 0) is 27.4 Å². The van der Waals surface area contributed by atoms with Crippen LogP contribution in [0.15, 0.2) is 54.6 Å². The van der Waals surface area contributed by atoms with Crippen molar-refractivity contribution in [1.82, 2.24) is 10.6 Å². The van der Waals surface area contributed by atoms with Crippen LogP contribution in [0.5, 0.6) is 0 Å². The molecular formula is C20H23ClN2O3. The normalized spacial score (nSPS) is 12.9. The average molecular weight is 375 g/mol. The number of nitrogens with one attached hydrogen (secondary N) is 2. The van der Waals surface area contributed by atoms with Crippen LogP contribution in [-0.4, -0.2) is 31.0 Å². The number of amides is 1. The van der Waals surface area contributed by atoms with Crippen molar-refractivity contribution in [3.05, 3.63) is 70.7 Å². The summed E-state index contributed by atoms with van der Waals surface area (Å²) >= 11 is 5.90. The molecule has 2 aromatic rings. The summed E-state index contributed by atoms with van der Waals surface area (Å²) in [4.78, 5) is 24.8. The fourth-order valence-electron chi connectivity index (χ4n) is 2.31. The molecule has 2 N–H and O–H groups in total. The molecule has 0 saturated carbocycles. The molecule has 0 radical (unpaired) electrons. The average Bonchev–Trinajstić information content (AvgIpc) is 2.67. The van der Waals surface area contributed by atoms with Gasteiger partial charge in [0.2, 0.25) is 5.91 Å². The van der Waals surface area contributed by atoms with Crippen LogP contribution in [0.25, 0.3) is 0 Å². The highest BCUT2D eigenvalue weighted by Crippen LogP contribution is 2.12. The number of hydrogen-bond donors (Lipinski definition) is 2. The van der Waals surface area contributed by atoms with Gasteiger partial charge in [-0.15, -0.1) is 0 Å². The van der Waals surface area contributed by atoms with Crippen LogP contribution in [0.4, 0.5) is 0 Å². The Hall–Kier alpha value is -2.37. The molecule has 2 atom stereocenters. The van der Waals surface area contributed by atoms with E-state index in [9.17, 15) is 9.59 Å². The van der Waals surface area contributed by atoms with Crippen molar-refractivity contribution in [3.8, 4) is 0 Å². The zero-order valence-corrected chi connectivity index (χ0v) is 15.6. The molecule has 138 valence electrons. The maximum atomic E-state index is 12.6. The second-order valence-electron chi connectivity index (χ2n) is 6.00. The first-order valence-corrected chi connectivity index (χ1v) is 8.80. The number of hydrogen-bond acceptors (Lipinski definition) is 4. The van der Waals surface area contributed by atoms with E-state index in [4.69, 9.17) is 16.3 Å². The molecule has 0 fully saturated rings. The molecule has 0 bridgehead atoms. The van der Waals surface area contributed by atoms with Gasteiger partial charge in [0.15, 0.2) is 0 Å². The van der Waals surface area contributed by atoms with Crippen LogP contribution in [0.1, 0.15) is 18.1 Å². The van der Waals surface area contributed by atoms with Crippen LogP contribution < -0.4 is 10.6 Å². The summed E-state index contributed by atoms with van der Waals surface area (Å²) in [6, 6.07) is 15.4. The molecule has 0 heterocycles. The van der Waals surface area contributed by atoms with E-state index >= 15 is 0 Å². The maximum absolute atomic E-state index is 12.6. The molecule has 2 rings (SSSR count). The van der Waals surface area contributed by atoms with E-state index in [-0.39, 0.29) is 12.5 Å². The fourth-order valence-corrected chi connectivity index (χ4v) is 2.43. The Kier molecular flexibility index (Phi) is 7.63. The molecule has 0 aliphatic heterocycles. The van der Waals surface area contributed by atoms with Crippen LogP contribution in [0.2, 0.25) is 5.02 Å². The Labute approximate surface area is 158 Å². The number of benzene rings is 2. The van der Waals surface area contributed by atoms with Gasteiger partial charge in [-0.05, 0) is 37.2 Å². The van der Waals surface area contributed by atoms with Gasteiger partial charge in [-0.1, -0.05) is 54.1 Å². The SMILES string of the molecule is CN[C@H](C)C(=O)N[C@H](Cc1ccc(Cl)cc1)C(=O)OCc1ccccc1. The fraction of sp³-hybridized carbons (Fsp3) is 0.300. The molecule has 1 amide bonds. The Morgan fingerprint density at radius 3 is 2.31 bits per heavy atom. The van der Waals surface area contributed by atoms with Gasteiger partial charge in [0.25, 0.3) is 0 Å². The van der Waals surface area contributed by atoms with E-state index in [0.717, 1.165) is 11.1 Å². The summed E-state index contributed by atoms with van der Waals surface area (Å²) in [5.41, 5.74) is 1.77. The second-order valence-corrected chi connectivity index (χ2v) is 6.43. The minimum atomic E-state index is -0.775. The molecule has 26 heavy (non-hydrogen) atoms. The number of ether oxygens (including phenoxy) is 1. The number of halogens is 1. The van der Waals surface area contributed by atoms with E-state index < -0.39 is 18.1 Å². The highest BCUT2D eigenvalue weighted by Gasteiger charge is 2.24. The van der Waals surface area contributed by atoms with Crippen molar-refractivity contribution < 1.29 is 14.3 Å². The lowest BCUT2D eigenvalue weighted by molar-refractivity contribution is -0.149. The molecule has 6 heteroatoms. The molecule has 0 saturated heterocycles. The quantitative estimate of drug-likeness (QED) is 0.697. The summed E-state index contributed by atoms with van der Waals surface area (Å²) in [5.74, 6) is -0.733. The molecular weight excluding hydrogens is 352 g/mol. The number of esters is 1. The van der Waals surface area contributed by atoms with Crippen molar-refractivity contribution in [1.29, 1.82) is 0 Å². The third-order valence-electron chi connectivity index (χ3n) is 4.00. The highest BCUT2D eigenvalue weighted by molar-refractivity contribution is 6.30. The van der Waals surface area contributed by atoms with Gasteiger partial charge in [-0.2, -0.15) is 0 Å². The molecule has 0 spiro atoms. The van der Waals surface area contributed by atoms with E-state index in [1.807, 2.05) is 42.5 Å². The highest BCUT2D eigenvalue weighted by atomic mass is 35.5. The van der Waals surface area contributed by atoms with Gasteiger partial charge in [0, 0.05) is 11.4 Å². The largest absolute Gasteiger partial charge is 0.459 e. The number of rotatable bonds is 8. The van der Waals surface area contributed by atoms with E-state index in [2.05, 4.69) is 10.6 Å². The predicted molar refractivity (Wildman–Crippen MR) is 102 cm³/mol. The van der Waals surface area contributed by atoms with E-state index in [1.54, 1.807) is 26.1 Å². The molecule has 0 aliphatic rings. The zero-order valence-electron chi connectivity index (χ0n) is 14.9. The third kappa shape index (κ3) is 6.17. The summed E-state index contributed by atoms with van der Waals surface area (Å²) in [7, 11) is 1.69. The molecule has 0 aliphatic carbocycles. The molecule has 5 nitrogen and oxygen atoms in total. The van der Waals surface area contributed by atoms with Crippen LogP contribution in [0, 0.1) is 0 Å². The Morgan fingerprint density at radius 2 is 1.69 bits per heavy atom. The van der Waals surface area contributed by atoms with Gasteiger partial charge < -0.3 is 15.4 Å². The first-order chi connectivity index (χ1) is 12.5. The van der Waals surface area contributed by atoms with Crippen molar-refractivity contribution in [2.75, 3.05) is 7.05 Å².